The first-order valence-electron chi connectivity index (χ1n) is 8.48. The van der Waals surface area contributed by atoms with E-state index in [0.717, 1.165) is 12.0 Å². The van der Waals surface area contributed by atoms with Crippen LogP contribution in [0.3, 0.4) is 0 Å². The van der Waals surface area contributed by atoms with Crippen LogP contribution < -0.4 is 0 Å². The summed E-state index contributed by atoms with van der Waals surface area (Å²) in [6, 6.07) is 7.95. The Hall–Kier alpha value is -1.70. The summed E-state index contributed by atoms with van der Waals surface area (Å²) in [6.07, 6.45) is -4.84. The summed E-state index contributed by atoms with van der Waals surface area (Å²) in [7, 11) is 0. The molecule has 146 valence electrons. The van der Waals surface area contributed by atoms with Crippen molar-refractivity contribution in [1.82, 2.24) is 0 Å². The maximum Gasteiger partial charge on any atom is 0.465 e. The van der Waals surface area contributed by atoms with E-state index < -0.39 is 24.2 Å². The Balaban J connectivity index is 1.75. The summed E-state index contributed by atoms with van der Waals surface area (Å²) >= 11 is 0. The van der Waals surface area contributed by atoms with E-state index in [1.165, 1.54) is 5.56 Å². The van der Waals surface area contributed by atoms with Gasteiger partial charge in [-0.25, -0.2) is 4.79 Å². The fourth-order valence-corrected chi connectivity index (χ4v) is 2.74. The lowest BCUT2D eigenvalue weighted by Gasteiger charge is -2.29. The number of rotatable bonds is 6. The standard InChI is InChI=1S/C18H21F5O3/c1-2-12-3-5-13(6-4-12)11-25-14-7-9-15(10-8-14)26-16(24)17(19,20)18(21,22)23/h3-6,14-15H,2,7-11H2,1H3. The van der Waals surface area contributed by atoms with E-state index in [4.69, 9.17) is 4.74 Å². The molecule has 0 N–H and O–H groups in total. The first-order valence-corrected chi connectivity index (χ1v) is 8.48. The highest BCUT2D eigenvalue weighted by atomic mass is 19.4. The van der Waals surface area contributed by atoms with E-state index in [-0.39, 0.29) is 18.9 Å². The van der Waals surface area contributed by atoms with Crippen molar-refractivity contribution in [2.75, 3.05) is 0 Å². The number of ether oxygens (including phenoxy) is 2. The number of halogens is 5. The van der Waals surface area contributed by atoms with Crippen molar-refractivity contribution in [2.24, 2.45) is 0 Å². The minimum atomic E-state index is -5.95. The first-order chi connectivity index (χ1) is 12.1. The van der Waals surface area contributed by atoms with E-state index in [9.17, 15) is 26.7 Å². The summed E-state index contributed by atoms with van der Waals surface area (Å²) in [5.74, 6) is -8.02. The molecule has 0 aromatic heterocycles. The Labute approximate surface area is 148 Å². The monoisotopic (exact) mass is 380 g/mol. The molecule has 0 bridgehead atoms. The lowest BCUT2D eigenvalue weighted by atomic mass is 9.95. The third kappa shape index (κ3) is 5.16. The molecule has 8 heteroatoms. The van der Waals surface area contributed by atoms with Gasteiger partial charge in [0.25, 0.3) is 0 Å². The van der Waals surface area contributed by atoms with Gasteiger partial charge in [0.1, 0.15) is 6.10 Å². The highest BCUT2D eigenvalue weighted by Gasteiger charge is 2.65. The number of benzene rings is 1. The molecule has 1 saturated carbocycles. The number of aryl methyl sites for hydroxylation is 1. The fourth-order valence-electron chi connectivity index (χ4n) is 2.74. The Bertz CT molecular complexity index is 590. The highest BCUT2D eigenvalue weighted by molar-refractivity contribution is 5.78. The number of esters is 1. The summed E-state index contributed by atoms with van der Waals surface area (Å²) in [5.41, 5.74) is 2.22. The number of carbonyl (C=O) groups excluding carboxylic acids is 1. The van der Waals surface area contributed by atoms with Crippen molar-refractivity contribution in [1.29, 1.82) is 0 Å². The molecule has 0 saturated heterocycles. The number of alkyl halides is 5. The summed E-state index contributed by atoms with van der Waals surface area (Å²) in [5, 5.41) is 0. The van der Waals surface area contributed by atoms with Gasteiger partial charge >= 0.3 is 18.1 Å². The Morgan fingerprint density at radius 1 is 0.962 bits per heavy atom. The van der Waals surface area contributed by atoms with E-state index >= 15 is 0 Å². The van der Waals surface area contributed by atoms with Crippen LogP contribution in [0.1, 0.15) is 43.7 Å². The smallest absolute Gasteiger partial charge is 0.458 e. The minimum absolute atomic E-state index is 0.140. The molecule has 26 heavy (non-hydrogen) atoms. The molecule has 0 aliphatic heterocycles. The van der Waals surface area contributed by atoms with Crippen LogP contribution in [0, 0.1) is 0 Å². The third-order valence-electron chi connectivity index (χ3n) is 4.42. The number of carbonyl (C=O) groups is 1. The van der Waals surface area contributed by atoms with Gasteiger partial charge in [-0.1, -0.05) is 31.2 Å². The molecule has 1 fully saturated rings. The van der Waals surface area contributed by atoms with Crippen molar-refractivity contribution in [2.45, 2.75) is 69.9 Å². The van der Waals surface area contributed by atoms with Crippen LogP contribution in [0.4, 0.5) is 22.0 Å². The molecule has 0 atom stereocenters. The van der Waals surface area contributed by atoms with Gasteiger partial charge < -0.3 is 9.47 Å². The fraction of sp³-hybridized carbons (Fsp3) is 0.611. The average Bonchev–Trinajstić information content (AvgIpc) is 2.60. The van der Waals surface area contributed by atoms with Crippen molar-refractivity contribution >= 4 is 5.97 Å². The normalized spacial score (nSPS) is 21.5. The lowest BCUT2D eigenvalue weighted by molar-refractivity contribution is -0.282. The molecule has 0 amide bonds. The molecule has 0 spiro atoms. The molecular formula is C18H21F5O3. The molecule has 3 nitrogen and oxygen atoms in total. The van der Waals surface area contributed by atoms with Crippen LogP contribution in [0.15, 0.2) is 24.3 Å². The lowest BCUT2D eigenvalue weighted by Crippen LogP contribution is -2.46. The maximum atomic E-state index is 12.9. The van der Waals surface area contributed by atoms with Crippen LogP contribution >= 0.6 is 0 Å². The van der Waals surface area contributed by atoms with Gasteiger partial charge in [0.05, 0.1) is 12.7 Å². The quantitative estimate of drug-likeness (QED) is 0.524. The summed E-state index contributed by atoms with van der Waals surface area (Å²) in [6.45, 7) is 2.45. The van der Waals surface area contributed by atoms with E-state index in [1.807, 2.05) is 24.3 Å². The second-order valence-corrected chi connectivity index (χ2v) is 6.36. The molecule has 1 aromatic rings. The van der Waals surface area contributed by atoms with Crippen LogP contribution in [0.2, 0.25) is 0 Å². The molecule has 1 aliphatic carbocycles. The topological polar surface area (TPSA) is 35.5 Å². The zero-order valence-corrected chi connectivity index (χ0v) is 14.3. The molecular weight excluding hydrogens is 359 g/mol. The predicted molar refractivity (Wildman–Crippen MR) is 83.7 cm³/mol. The third-order valence-corrected chi connectivity index (χ3v) is 4.42. The van der Waals surface area contributed by atoms with Crippen LogP contribution in [-0.4, -0.2) is 30.3 Å². The van der Waals surface area contributed by atoms with E-state index in [1.54, 1.807) is 0 Å². The van der Waals surface area contributed by atoms with Gasteiger partial charge in [-0.15, -0.1) is 0 Å². The average molecular weight is 380 g/mol. The van der Waals surface area contributed by atoms with Gasteiger partial charge in [0.15, 0.2) is 0 Å². The zero-order chi connectivity index (χ0) is 19.4. The Kier molecular flexibility index (Phi) is 6.60. The van der Waals surface area contributed by atoms with Crippen molar-refractivity contribution < 1.29 is 36.2 Å². The first kappa shape index (κ1) is 20.6. The second kappa shape index (κ2) is 8.33. The van der Waals surface area contributed by atoms with E-state index in [0.29, 0.717) is 19.4 Å². The van der Waals surface area contributed by atoms with E-state index in [2.05, 4.69) is 11.7 Å². The predicted octanol–water partition coefficient (Wildman–Crippen LogP) is 4.82. The van der Waals surface area contributed by atoms with Gasteiger partial charge in [-0.2, -0.15) is 22.0 Å². The van der Waals surface area contributed by atoms with Crippen LogP contribution in [0.5, 0.6) is 0 Å². The SMILES string of the molecule is CCc1ccc(COC2CCC(OC(=O)C(F)(F)C(F)(F)F)CC2)cc1. The largest absolute Gasteiger partial charge is 0.465 e. The van der Waals surface area contributed by atoms with Crippen molar-refractivity contribution in [3.05, 3.63) is 35.4 Å². The van der Waals surface area contributed by atoms with Gasteiger partial charge in [0, 0.05) is 0 Å². The molecule has 0 unspecified atom stereocenters. The van der Waals surface area contributed by atoms with Gasteiger partial charge in [-0.05, 0) is 43.2 Å². The summed E-state index contributed by atoms with van der Waals surface area (Å²) < 4.78 is 72.3. The maximum absolute atomic E-state index is 12.9. The number of hydrogen-bond acceptors (Lipinski definition) is 3. The highest BCUT2D eigenvalue weighted by Crippen LogP contribution is 2.37. The van der Waals surface area contributed by atoms with Crippen LogP contribution in [0.25, 0.3) is 0 Å². The molecule has 0 radical (unpaired) electrons. The number of hydrogen-bond donors (Lipinski definition) is 0. The molecule has 0 heterocycles. The molecule has 1 aromatic carbocycles. The minimum Gasteiger partial charge on any atom is -0.458 e. The van der Waals surface area contributed by atoms with Crippen molar-refractivity contribution in [3.63, 3.8) is 0 Å². The van der Waals surface area contributed by atoms with Gasteiger partial charge in [0.2, 0.25) is 0 Å². The Morgan fingerprint density at radius 2 is 1.46 bits per heavy atom. The van der Waals surface area contributed by atoms with Gasteiger partial charge in [-0.3, -0.25) is 0 Å². The Morgan fingerprint density at radius 3 is 1.96 bits per heavy atom. The second-order valence-electron chi connectivity index (χ2n) is 6.36. The zero-order valence-electron chi connectivity index (χ0n) is 14.3. The molecule has 1 aliphatic rings. The summed E-state index contributed by atoms with van der Waals surface area (Å²) in [4.78, 5) is 11.1. The van der Waals surface area contributed by atoms with Crippen LogP contribution in [-0.2, 0) is 27.3 Å². The van der Waals surface area contributed by atoms with Crippen molar-refractivity contribution in [3.8, 4) is 0 Å². The molecule has 2 rings (SSSR count).